The molecule has 4 heterocycles. The lowest BCUT2D eigenvalue weighted by Crippen LogP contribution is -2.29. The molecule has 2 aromatic rings. The number of nitrogens with zero attached hydrogens (tertiary/aromatic N) is 2. The lowest BCUT2D eigenvalue weighted by molar-refractivity contribution is -0.127. The van der Waals surface area contributed by atoms with Crippen molar-refractivity contribution >= 4 is 38.8 Å². The smallest absolute Gasteiger partial charge is 0.155 e. The van der Waals surface area contributed by atoms with Gasteiger partial charge in [0.05, 0.1) is 35.4 Å². The highest BCUT2D eigenvalue weighted by molar-refractivity contribution is 9.10. The molecule has 3 aliphatic rings. The van der Waals surface area contributed by atoms with Crippen LogP contribution in [-0.2, 0) is 20.7 Å². The SMILES string of the molecule is CCc1sc(-c2ccc(Br)cn2)nc1C1C(=O)[C@@H]2[C@H](C1=O)[C@@H]1CC[C@H]2O1. The second-order valence-electron chi connectivity index (χ2n) is 7.12. The number of thiazole rings is 1. The highest BCUT2D eigenvalue weighted by Crippen LogP contribution is 2.52. The van der Waals surface area contributed by atoms with Crippen molar-refractivity contribution in [3.63, 3.8) is 0 Å². The van der Waals surface area contributed by atoms with Gasteiger partial charge in [-0.1, -0.05) is 6.92 Å². The first-order chi connectivity index (χ1) is 12.6. The fourth-order valence-corrected chi connectivity index (χ4v) is 5.90. The van der Waals surface area contributed by atoms with E-state index >= 15 is 0 Å². The first-order valence-electron chi connectivity index (χ1n) is 8.93. The van der Waals surface area contributed by atoms with Crippen LogP contribution in [0, 0.1) is 11.8 Å². The molecule has 5 nitrogen and oxygen atoms in total. The number of aryl methyl sites for hydroxylation is 1. The summed E-state index contributed by atoms with van der Waals surface area (Å²) in [6.45, 7) is 2.04. The van der Waals surface area contributed by atoms with Crippen LogP contribution in [0.5, 0.6) is 0 Å². The van der Waals surface area contributed by atoms with E-state index in [4.69, 9.17) is 9.72 Å². The lowest BCUT2D eigenvalue weighted by Gasteiger charge is -2.16. The highest BCUT2D eigenvalue weighted by atomic mass is 79.9. The first-order valence-corrected chi connectivity index (χ1v) is 10.5. The van der Waals surface area contributed by atoms with Gasteiger partial charge in [0.15, 0.2) is 11.6 Å². The molecule has 2 saturated heterocycles. The van der Waals surface area contributed by atoms with E-state index in [1.807, 2.05) is 19.1 Å². The molecule has 1 unspecified atom stereocenters. The van der Waals surface area contributed by atoms with E-state index in [1.54, 1.807) is 6.20 Å². The Hall–Kier alpha value is -1.44. The quantitative estimate of drug-likeness (QED) is 0.693. The highest BCUT2D eigenvalue weighted by Gasteiger charge is 2.63. The van der Waals surface area contributed by atoms with E-state index in [2.05, 4.69) is 20.9 Å². The van der Waals surface area contributed by atoms with Gasteiger partial charge >= 0.3 is 0 Å². The van der Waals surface area contributed by atoms with Gasteiger partial charge in [-0.3, -0.25) is 14.6 Å². The zero-order valence-corrected chi connectivity index (χ0v) is 16.5. The van der Waals surface area contributed by atoms with Crippen LogP contribution in [0.1, 0.15) is 36.3 Å². The zero-order chi connectivity index (χ0) is 18.0. The molecule has 26 heavy (non-hydrogen) atoms. The average molecular weight is 433 g/mol. The number of Topliss-reactive ketones (excluding diaryl/α,β-unsaturated/α-hetero) is 2. The predicted octanol–water partition coefficient (Wildman–Crippen LogP) is 3.56. The summed E-state index contributed by atoms with van der Waals surface area (Å²) in [5.41, 5.74) is 1.42. The number of halogens is 1. The topological polar surface area (TPSA) is 69.2 Å². The number of carbonyl (C=O) groups excluding carboxylic acids is 2. The average Bonchev–Trinajstić information content (AvgIpc) is 3.39. The minimum atomic E-state index is -0.715. The Morgan fingerprint density at radius 1 is 1.19 bits per heavy atom. The molecule has 2 aliphatic heterocycles. The maximum Gasteiger partial charge on any atom is 0.155 e. The predicted molar refractivity (Wildman–Crippen MR) is 100 cm³/mol. The first kappa shape index (κ1) is 16.7. The number of rotatable bonds is 3. The number of pyridine rings is 1. The van der Waals surface area contributed by atoms with Crippen LogP contribution < -0.4 is 0 Å². The van der Waals surface area contributed by atoms with E-state index in [1.165, 1.54) is 11.3 Å². The monoisotopic (exact) mass is 432 g/mol. The van der Waals surface area contributed by atoms with Crippen molar-refractivity contribution in [2.45, 2.75) is 44.3 Å². The molecule has 1 aliphatic carbocycles. The van der Waals surface area contributed by atoms with E-state index in [0.29, 0.717) is 5.69 Å². The van der Waals surface area contributed by atoms with E-state index in [9.17, 15) is 9.59 Å². The minimum Gasteiger partial charge on any atom is -0.373 e. The van der Waals surface area contributed by atoms with Gasteiger partial charge in [0.1, 0.15) is 10.9 Å². The third-order valence-corrected chi connectivity index (χ3v) is 7.48. The molecule has 3 fully saturated rings. The summed E-state index contributed by atoms with van der Waals surface area (Å²) in [5.74, 6) is -1.20. The zero-order valence-electron chi connectivity index (χ0n) is 14.1. The van der Waals surface area contributed by atoms with Gasteiger partial charge in [0.2, 0.25) is 0 Å². The second kappa shape index (κ2) is 6.04. The Morgan fingerprint density at radius 3 is 2.46 bits per heavy atom. The van der Waals surface area contributed by atoms with E-state index < -0.39 is 5.92 Å². The number of fused-ring (bicyclic) bond motifs is 5. The molecule has 0 N–H and O–H groups in total. The molecule has 7 heteroatoms. The van der Waals surface area contributed by atoms with Gasteiger partial charge in [-0.15, -0.1) is 11.3 Å². The lowest BCUT2D eigenvalue weighted by atomic mass is 9.81. The molecule has 1 saturated carbocycles. The molecule has 0 amide bonds. The van der Waals surface area contributed by atoms with Crippen molar-refractivity contribution in [3.05, 3.63) is 33.4 Å². The van der Waals surface area contributed by atoms with Crippen LogP contribution in [-0.4, -0.2) is 33.7 Å². The molecular weight excluding hydrogens is 416 g/mol. The van der Waals surface area contributed by atoms with Gasteiger partial charge in [0, 0.05) is 15.5 Å². The molecule has 0 radical (unpaired) electrons. The minimum absolute atomic E-state index is 0.0162. The summed E-state index contributed by atoms with van der Waals surface area (Å²) in [6, 6.07) is 3.81. The second-order valence-corrected chi connectivity index (χ2v) is 9.12. The molecule has 134 valence electrons. The number of hydrogen-bond acceptors (Lipinski definition) is 6. The Balaban J connectivity index is 1.55. The van der Waals surface area contributed by atoms with E-state index in [-0.39, 0.29) is 35.6 Å². The van der Waals surface area contributed by atoms with Crippen molar-refractivity contribution < 1.29 is 14.3 Å². The number of ether oxygens (including phenoxy) is 1. The fraction of sp³-hybridized carbons (Fsp3) is 0.474. The maximum atomic E-state index is 13.1. The van der Waals surface area contributed by atoms with Crippen molar-refractivity contribution in [1.29, 1.82) is 0 Å². The number of ketones is 2. The molecule has 2 bridgehead atoms. The Bertz CT molecular complexity index is 882. The van der Waals surface area contributed by atoms with Gasteiger partial charge in [-0.25, -0.2) is 4.98 Å². The third-order valence-electron chi connectivity index (χ3n) is 5.77. The van der Waals surface area contributed by atoms with Crippen molar-refractivity contribution in [2.75, 3.05) is 0 Å². The summed E-state index contributed by atoms with van der Waals surface area (Å²) in [5, 5.41) is 0.765. The largest absolute Gasteiger partial charge is 0.373 e. The van der Waals surface area contributed by atoms with Crippen LogP contribution in [0.25, 0.3) is 10.7 Å². The summed E-state index contributed by atoms with van der Waals surface area (Å²) >= 11 is 4.91. The van der Waals surface area contributed by atoms with E-state index in [0.717, 1.165) is 39.3 Å². The molecule has 2 aromatic heterocycles. The summed E-state index contributed by atoms with van der Waals surface area (Å²) in [7, 11) is 0. The Labute approximate surface area is 163 Å². The summed E-state index contributed by atoms with van der Waals surface area (Å²) in [4.78, 5) is 36.3. The van der Waals surface area contributed by atoms with Gasteiger partial charge in [0.25, 0.3) is 0 Å². The Morgan fingerprint density at radius 2 is 1.88 bits per heavy atom. The summed E-state index contributed by atoms with van der Waals surface area (Å²) < 4.78 is 6.73. The van der Waals surface area contributed by atoms with Crippen LogP contribution in [0.4, 0.5) is 0 Å². The molecule has 0 aromatic carbocycles. The molecule has 5 atom stereocenters. The molecule has 5 rings (SSSR count). The van der Waals surface area contributed by atoms with Gasteiger partial charge in [-0.2, -0.15) is 0 Å². The normalized spacial score (nSPS) is 32.5. The van der Waals surface area contributed by atoms with Crippen molar-refractivity contribution in [3.8, 4) is 10.7 Å². The van der Waals surface area contributed by atoms with Crippen LogP contribution in [0.2, 0.25) is 0 Å². The van der Waals surface area contributed by atoms with Gasteiger partial charge in [-0.05, 0) is 47.3 Å². The molecule has 0 spiro atoms. The van der Waals surface area contributed by atoms with Crippen LogP contribution in [0.15, 0.2) is 22.8 Å². The van der Waals surface area contributed by atoms with Crippen molar-refractivity contribution in [1.82, 2.24) is 9.97 Å². The standard InChI is InChI=1S/C19H17BrN2O3S/c1-2-12-16(22-19(26-12)9-4-3-8(20)7-21-9)15-17(23)13-10-5-6-11(25-10)14(13)18(15)24/h3-4,7,10-11,13-15H,2,5-6H2,1H3/t10-,11+,13+,14-,15?. The van der Waals surface area contributed by atoms with Crippen LogP contribution in [0.3, 0.4) is 0 Å². The third kappa shape index (κ3) is 2.30. The Kier molecular flexibility index (Phi) is 3.88. The number of hydrogen-bond donors (Lipinski definition) is 0. The van der Waals surface area contributed by atoms with Crippen LogP contribution >= 0.6 is 27.3 Å². The fourth-order valence-electron chi connectivity index (χ4n) is 4.65. The van der Waals surface area contributed by atoms with Gasteiger partial charge < -0.3 is 4.74 Å². The number of aromatic nitrogens is 2. The maximum absolute atomic E-state index is 13.1. The van der Waals surface area contributed by atoms with Crippen molar-refractivity contribution in [2.24, 2.45) is 11.8 Å². The number of carbonyl (C=O) groups is 2. The summed E-state index contributed by atoms with van der Waals surface area (Å²) in [6.07, 6.45) is 4.13. The molecular formula is C19H17BrN2O3S.